The third-order valence-electron chi connectivity index (χ3n) is 1.96. The molecule has 0 aromatic rings. The lowest BCUT2D eigenvalue weighted by atomic mass is 10.3. The van der Waals surface area contributed by atoms with Crippen LogP contribution in [0.15, 0.2) is 0 Å². The lowest BCUT2D eigenvalue weighted by Crippen LogP contribution is -2.45. The van der Waals surface area contributed by atoms with Crippen LogP contribution >= 0.6 is 0 Å². The summed E-state index contributed by atoms with van der Waals surface area (Å²) in [6.45, 7) is 0.237. The van der Waals surface area contributed by atoms with Gasteiger partial charge in [-0.25, -0.2) is 4.72 Å². The second-order valence-electron chi connectivity index (χ2n) is 3.14. The van der Waals surface area contributed by atoms with Crippen molar-refractivity contribution in [2.24, 2.45) is 11.5 Å². The van der Waals surface area contributed by atoms with Crippen LogP contribution in [0.3, 0.4) is 0 Å². The summed E-state index contributed by atoms with van der Waals surface area (Å²) in [5, 5.41) is 0. The van der Waals surface area contributed by atoms with Crippen LogP contribution in [-0.2, 0) is 15.0 Å². The highest BCUT2D eigenvalue weighted by Gasteiger charge is 2.30. The van der Waals surface area contributed by atoms with E-state index >= 15 is 0 Å². The Kier molecular flexibility index (Phi) is 3.43. The van der Waals surface area contributed by atoms with Crippen LogP contribution in [0.25, 0.3) is 0 Å². The van der Waals surface area contributed by atoms with Crippen molar-refractivity contribution in [3.05, 3.63) is 0 Å². The van der Waals surface area contributed by atoms with Crippen LogP contribution in [0.2, 0.25) is 0 Å². The van der Waals surface area contributed by atoms with E-state index in [1.807, 2.05) is 4.72 Å². The first-order valence-electron chi connectivity index (χ1n) is 4.22. The van der Waals surface area contributed by atoms with Gasteiger partial charge in [0.15, 0.2) is 0 Å². The lowest BCUT2D eigenvalue weighted by molar-refractivity contribution is -0.118. The molecule has 1 amide bonds. The molecule has 1 fully saturated rings. The standard InChI is InChI=1S/C6H14N4O3S/c7-3-6(11)9-14(12,13)10-2-1-5(8)4-10/h5H,1-4,7-8H2,(H,9,11). The number of amides is 1. The normalized spacial score (nSPS) is 23.7. The minimum atomic E-state index is -3.73. The van der Waals surface area contributed by atoms with Gasteiger partial charge in [-0.05, 0) is 6.42 Å². The summed E-state index contributed by atoms with van der Waals surface area (Å²) in [5.74, 6) is -0.717. The smallest absolute Gasteiger partial charge is 0.303 e. The fourth-order valence-electron chi connectivity index (χ4n) is 1.22. The Hall–Kier alpha value is -0.700. The van der Waals surface area contributed by atoms with Gasteiger partial charge in [0, 0.05) is 19.1 Å². The molecule has 0 radical (unpaired) electrons. The zero-order valence-corrected chi connectivity index (χ0v) is 8.46. The Morgan fingerprint density at radius 2 is 2.21 bits per heavy atom. The Labute approximate surface area is 82.6 Å². The molecule has 1 aliphatic heterocycles. The van der Waals surface area contributed by atoms with Gasteiger partial charge in [-0.3, -0.25) is 4.79 Å². The summed E-state index contributed by atoms with van der Waals surface area (Å²) in [7, 11) is -3.73. The van der Waals surface area contributed by atoms with E-state index < -0.39 is 16.1 Å². The van der Waals surface area contributed by atoms with E-state index in [4.69, 9.17) is 11.5 Å². The molecular weight excluding hydrogens is 208 g/mol. The van der Waals surface area contributed by atoms with Crippen LogP contribution in [0.1, 0.15) is 6.42 Å². The molecule has 1 heterocycles. The zero-order chi connectivity index (χ0) is 10.8. The highest BCUT2D eigenvalue weighted by molar-refractivity contribution is 7.87. The second-order valence-corrected chi connectivity index (χ2v) is 4.81. The number of carbonyl (C=O) groups is 1. The summed E-state index contributed by atoms with van der Waals surface area (Å²) in [6.07, 6.45) is 0.609. The van der Waals surface area contributed by atoms with Crippen molar-refractivity contribution < 1.29 is 13.2 Å². The summed E-state index contributed by atoms with van der Waals surface area (Å²) in [4.78, 5) is 10.8. The van der Waals surface area contributed by atoms with Crippen LogP contribution in [0, 0.1) is 0 Å². The SMILES string of the molecule is NCC(=O)NS(=O)(=O)N1CCC(N)C1. The molecular formula is C6H14N4O3S. The fourth-order valence-corrected chi connectivity index (χ4v) is 2.46. The molecule has 0 aliphatic carbocycles. The molecule has 82 valence electrons. The minimum absolute atomic E-state index is 0.153. The molecule has 1 atom stereocenters. The van der Waals surface area contributed by atoms with Crippen molar-refractivity contribution in [1.82, 2.24) is 9.03 Å². The van der Waals surface area contributed by atoms with Crippen LogP contribution in [0.4, 0.5) is 0 Å². The molecule has 1 rings (SSSR count). The van der Waals surface area contributed by atoms with Crippen molar-refractivity contribution in [2.75, 3.05) is 19.6 Å². The summed E-state index contributed by atoms with van der Waals surface area (Å²) >= 11 is 0. The van der Waals surface area contributed by atoms with E-state index in [-0.39, 0.29) is 19.1 Å². The predicted molar refractivity (Wildman–Crippen MR) is 50.3 cm³/mol. The van der Waals surface area contributed by atoms with Crippen LogP contribution in [0.5, 0.6) is 0 Å². The van der Waals surface area contributed by atoms with E-state index in [0.29, 0.717) is 13.0 Å². The first kappa shape index (κ1) is 11.4. The molecule has 0 saturated carbocycles. The Morgan fingerprint density at radius 1 is 1.57 bits per heavy atom. The first-order valence-corrected chi connectivity index (χ1v) is 5.66. The highest BCUT2D eigenvalue weighted by Crippen LogP contribution is 2.10. The van der Waals surface area contributed by atoms with E-state index in [1.165, 1.54) is 0 Å². The predicted octanol–water partition coefficient (Wildman–Crippen LogP) is -2.66. The number of carbonyl (C=O) groups excluding carboxylic acids is 1. The number of rotatable bonds is 3. The molecule has 7 nitrogen and oxygen atoms in total. The Bertz CT molecular complexity index is 315. The van der Waals surface area contributed by atoms with Gasteiger partial charge in [0.25, 0.3) is 0 Å². The molecule has 0 aromatic heterocycles. The Balaban J connectivity index is 2.62. The molecule has 1 saturated heterocycles. The van der Waals surface area contributed by atoms with Gasteiger partial charge in [-0.1, -0.05) is 0 Å². The van der Waals surface area contributed by atoms with Gasteiger partial charge in [-0.15, -0.1) is 0 Å². The molecule has 8 heteroatoms. The molecule has 1 aliphatic rings. The first-order chi connectivity index (χ1) is 6.45. The number of nitrogens with two attached hydrogens (primary N) is 2. The topological polar surface area (TPSA) is 119 Å². The maximum atomic E-state index is 11.4. The lowest BCUT2D eigenvalue weighted by Gasteiger charge is -2.15. The van der Waals surface area contributed by atoms with Crippen LogP contribution in [-0.4, -0.2) is 44.3 Å². The van der Waals surface area contributed by atoms with Crippen molar-refractivity contribution in [2.45, 2.75) is 12.5 Å². The summed E-state index contributed by atoms with van der Waals surface area (Å²) < 4.78 is 25.9. The monoisotopic (exact) mass is 222 g/mol. The van der Waals surface area contributed by atoms with Crippen molar-refractivity contribution in [3.8, 4) is 0 Å². The molecule has 14 heavy (non-hydrogen) atoms. The summed E-state index contributed by atoms with van der Waals surface area (Å²) in [5.41, 5.74) is 10.5. The van der Waals surface area contributed by atoms with Gasteiger partial charge in [0.2, 0.25) is 5.91 Å². The minimum Gasteiger partial charge on any atom is -0.326 e. The average molecular weight is 222 g/mol. The molecule has 1 unspecified atom stereocenters. The molecule has 0 aromatic carbocycles. The van der Waals surface area contributed by atoms with Gasteiger partial charge in [0.1, 0.15) is 0 Å². The average Bonchev–Trinajstić information content (AvgIpc) is 2.51. The fraction of sp³-hybridized carbons (Fsp3) is 0.833. The van der Waals surface area contributed by atoms with Gasteiger partial charge in [0.05, 0.1) is 6.54 Å². The van der Waals surface area contributed by atoms with Gasteiger partial charge >= 0.3 is 10.2 Å². The van der Waals surface area contributed by atoms with Crippen molar-refractivity contribution >= 4 is 16.1 Å². The van der Waals surface area contributed by atoms with Crippen molar-refractivity contribution in [3.63, 3.8) is 0 Å². The molecule has 5 N–H and O–H groups in total. The van der Waals surface area contributed by atoms with E-state index in [9.17, 15) is 13.2 Å². The largest absolute Gasteiger partial charge is 0.326 e. The van der Waals surface area contributed by atoms with E-state index in [0.717, 1.165) is 4.31 Å². The zero-order valence-electron chi connectivity index (χ0n) is 7.64. The molecule has 0 spiro atoms. The highest BCUT2D eigenvalue weighted by atomic mass is 32.2. The second kappa shape index (κ2) is 4.22. The molecule has 0 bridgehead atoms. The third kappa shape index (κ3) is 2.64. The number of nitrogens with one attached hydrogen (secondary N) is 1. The Morgan fingerprint density at radius 3 is 2.64 bits per heavy atom. The van der Waals surface area contributed by atoms with Crippen LogP contribution < -0.4 is 16.2 Å². The maximum absolute atomic E-state index is 11.4. The number of nitrogens with zero attached hydrogens (tertiary/aromatic N) is 1. The van der Waals surface area contributed by atoms with Gasteiger partial charge < -0.3 is 11.5 Å². The van der Waals surface area contributed by atoms with Crippen molar-refractivity contribution in [1.29, 1.82) is 0 Å². The quantitative estimate of drug-likeness (QED) is 0.481. The number of hydrogen-bond donors (Lipinski definition) is 3. The summed E-state index contributed by atoms with van der Waals surface area (Å²) in [6, 6.07) is -0.153. The third-order valence-corrected chi connectivity index (χ3v) is 3.45. The van der Waals surface area contributed by atoms with E-state index in [1.54, 1.807) is 0 Å². The van der Waals surface area contributed by atoms with E-state index in [2.05, 4.69) is 0 Å². The maximum Gasteiger partial charge on any atom is 0.303 e. The van der Waals surface area contributed by atoms with Gasteiger partial charge in [-0.2, -0.15) is 12.7 Å². The number of hydrogen-bond acceptors (Lipinski definition) is 5.